The average Bonchev–Trinajstić information content (AvgIpc) is 2.97. The SMILES string of the molecule is CCSC(SCC)[C@@H](OCc1ccccc1)[C@@H](OCc1ccccc1)[C@H](OCc1ccccc1)[C@H](O)CO. The molecule has 0 aromatic heterocycles. The van der Waals surface area contributed by atoms with Crippen LogP contribution in [0.4, 0.5) is 0 Å². The summed E-state index contributed by atoms with van der Waals surface area (Å²) in [5.74, 6) is 1.82. The van der Waals surface area contributed by atoms with Gasteiger partial charge in [0.2, 0.25) is 0 Å². The number of aliphatic hydroxyl groups is 2. The molecule has 0 unspecified atom stereocenters. The van der Waals surface area contributed by atoms with Crippen LogP contribution in [0.25, 0.3) is 0 Å². The molecule has 0 amide bonds. The zero-order valence-corrected chi connectivity index (χ0v) is 23.9. The van der Waals surface area contributed by atoms with Crippen molar-refractivity contribution in [3.8, 4) is 0 Å². The van der Waals surface area contributed by atoms with Crippen LogP contribution in [0, 0.1) is 0 Å². The van der Waals surface area contributed by atoms with Crippen molar-refractivity contribution in [2.75, 3.05) is 18.1 Å². The summed E-state index contributed by atoms with van der Waals surface area (Å²) in [7, 11) is 0. The third-order valence-electron chi connectivity index (χ3n) is 6.00. The van der Waals surface area contributed by atoms with E-state index in [9.17, 15) is 10.2 Å². The first-order valence-corrected chi connectivity index (χ1v) is 15.2. The Morgan fingerprint density at radius 3 is 1.32 bits per heavy atom. The molecule has 0 saturated heterocycles. The number of aliphatic hydroxyl groups excluding tert-OH is 2. The zero-order valence-electron chi connectivity index (χ0n) is 22.2. The Balaban J connectivity index is 1.94. The van der Waals surface area contributed by atoms with Gasteiger partial charge >= 0.3 is 0 Å². The van der Waals surface area contributed by atoms with Crippen molar-refractivity contribution in [2.45, 2.75) is 62.7 Å². The van der Waals surface area contributed by atoms with Gasteiger partial charge < -0.3 is 24.4 Å². The molecule has 7 heteroatoms. The van der Waals surface area contributed by atoms with Crippen molar-refractivity contribution in [1.82, 2.24) is 0 Å². The molecule has 4 atom stereocenters. The van der Waals surface area contributed by atoms with Crippen LogP contribution in [0.2, 0.25) is 0 Å². The van der Waals surface area contributed by atoms with E-state index in [1.54, 1.807) is 23.5 Å². The quantitative estimate of drug-likeness (QED) is 0.188. The van der Waals surface area contributed by atoms with Gasteiger partial charge in [-0.15, -0.1) is 23.5 Å². The Labute approximate surface area is 235 Å². The molecular weight excluding hydrogens is 516 g/mol. The van der Waals surface area contributed by atoms with Gasteiger partial charge in [-0.2, -0.15) is 0 Å². The predicted molar refractivity (Wildman–Crippen MR) is 158 cm³/mol. The van der Waals surface area contributed by atoms with Crippen LogP contribution in [0.3, 0.4) is 0 Å². The van der Waals surface area contributed by atoms with Crippen LogP contribution in [-0.4, -0.2) is 57.3 Å². The molecule has 38 heavy (non-hydrogen) atoms. The fourth-order valence-corrected chi connectivity index (χ4v) is 6.80. The topological polar surface area (TPSA) is 68.2 Å². The summed E-state index contributed by atoms with van der Waals surface area (Å²) < 4.78 is 19.6. The minimum absolute atomic E-state index is 0.0446. The Hall–Kier alpha value is -1.84. The lowest BCUT2D eigenvalue weighted by molar-refractivity contribution is -0.180. The number of ether oxygens (including phenoxy) is 3. The number of rotatable bonds is 18. The van der Waals surface area contributed by atoms with Gasteiger partial charge in [-0.25, -0.2) is 0 Å². The Morgan fingerprint density at radius 2 is 0.947 bits per heavy atom. The summed E-state index contributed by atoms with van der Waals surface area (Å²) >= 11 is 3.61. The number of hydrogen-bond donors (Lipinski definition) is 2. The molecule has 0 aliphatic rings. The standard InChI is InChI=1S/C31H40O5S2/c1-3-37-31(38-4-2)30(36-23-26-18-12-7-13-19-26)29(35-22-25-16-10-6-11-17-25)28(27(33)20-32)34-21-24-14-8-5-9-15-24/h5-19,27-33H,3-4,20-23H2,1-2H3/t27-,28-,29+,30+/m1/s1. The van der Waals surface area contributed by atoms with Gasteiger partial charge in [0, 0.05) is 0 Å². The zero-order chi connectivity index (χ0) is 27.0. The Morgan fingerprint density at radius 1 is 0.579 bits per heavy atom. The van der Waals surface area contributed by atoms with Gasteiger partial charge in [-0.05, 0) is 28.2 Å². The maximum Gasteiger partial charge on any atom is 0.115 e. The van der Waals surface area contributed by atoms with Gasteiger partial charge in [0.25, 0.3) is 0 Å². The number of hydrogen-bond acceptors (Lipinski definition) is 7. The normalized spacial score (nSPS) is 14.8. The molecule has 0 bridgehead atoms. The fourth-order valence-electron chi connectivity index (χ4n) is 4.10. The maximum atomic E-state index is 11.0. The molecule has 0 aliphatic heterocycles. The monoisotopic (exact) mass is 556 g/mol. The van der Waals surface area contributed by atoms with Crippen LogP contribution in [0.15, 0.2) is 91.0 Å². The number of thioether (sulfide) groups is 2. The molecule has 0 aliphatic carbocycles. The van der Waals surface area contributed by atoms with E-state index in [0.29, 0.717) is 13.2 Å². The van der Waals surface area contributed by atoms with E-state index in [0.717, 1.165) is 28.2 Å². The molecule has 0 heterocycles. The van der Waals surface area contributed by atoms with E-state index >= 15 is 0 Å². The molecular formula is C31H40O5S2. The van der Waals surface area contributed by atoms with Crippen molar-refractivity contribution < 1.29 is 24.4 Å². The minimum Gasteiger partial charge on any atom is -0.394 e. The first-order valence-electron chi connectivity index (χ1n) is 13.1. The highest BCUT2D eigenvalue weighted by molar-refractivity contribution is 8.17. The van der Waals surface area contributed by atoms with Crippen LogP contribution in [-0.2, 0) is 34.0 Å². The largest absolute Gasteiger partial charge is 0.394 e. The van der Waals surface area contributed by atoms with Crippen LogP contribution in [0.1, 0.15) is 30.5 Å². The average molecular weight is 557 g/mol. The molecule has 3 aromatic rings. The van der Waals surface area contributed by atoms with Crippen molar-refractivity contribution >= 4 is 23.5 Å². The van der Waals surface area contributed by atoms with Gasteiger partial charge in [-0.3, -0.25) is 0 Å². The van der Waals surface area contributed by atoms with E-state index in [4.69, 9.17) is 14.2 Å². The molecule has 3 aromatic carbocycles. The highest BCUT2D eigenvalue weighted by Crippen LogP contribution is 2.34. The van der Waals surface area contributed by atoms with Crippen molar-refractivity contribution in [1.29, 1.82) is 0 Å². The van der Waals surface area contributed by atoms with Gasteiger partial charge in [0.05, 0.1) is 31.0 Å². The fraction of sp³-hybridized carbons (Fsp3) is 0.419. The summed E-state index contributed by atoms with van der Waals surface area (Å²) in [5.41, 5.74) is 3.06. The molecule has 0 spiro atoms. The van der Waals surface area contributed by atoms with E-state index in [2.05, 4.69) is 13.8 Å². The van der Waals surface area contributed by atoms with Crippen LogP contribution < -0.4 is 0 Å². The molecule has 206 valence electrons. The highest BCUT2D eigenvalue weighted by Gasteiger charge is 2.41. The third-order valence-corrected chi connectivity index (χ3v) is 8.68. The van der Waals surface area contributed by atoms with Crippen LogP contribution >= 0.6 is 23.5 Å². The molecule has 5 nitrogen and oxygen atoms in total. The van der Waals surface area contributed by atoms with E-state index < -0.39 is 31.0 Å². The summed E-state index contributed by atoms with van der Waals surface area (Å²) in [5, 5.41) is 21.0. The molecule has 0 fully saturated rings. The van der Waals surface area contributed by atoms with E-state index in [-0.39, 0.29) is 11.2 Å². The summed E-state index contributed by atoms with van der Waals surface area (Å²) in [6.07, 6.45) is -2.98. The summed E-state index contributed by atoms with van der Waals surface area (Å²) in [6.45, 7) is 4.85. The second-order valence-corrected chi connectivity index (χ2v) is 11.9. The smallest absolute Gasteiger partial charge is 0.115 e. The molecule has 3 rings (SSSR count). The van der Waals surface area contributed by atoms with Gasteiger partial charge in [0.1, 0.15) is 24.4 Å². The second-order valence-electron chi connectivity index (χ2n) is 8.81. The second kappa shape index (κ2) is 17.7. The predicted octanol–water partition coefficient (Wildman–Crippen LogP) is 5.93. The molecule has 0 saturated carbocycles. The van der Waals surface area contributed by atoms with E-state index in [1.165, 1.54) is 0 Å². The maximum absolute atomic E-state index is 11.0. The first-order chi connectivity index (χ1) is 18.7. The van der Waals surface area contributed by atoms with Crippen LogP contribution in [0.5, 0.6) is 0 Å². The molecule has 2 N–H and O–H groups in total. The Kier molecular flexibility index (Phi) is 14.3. The molecule has 0 radical (unpaired) electrons. The lowest BCUT2D eigenvalue weighted by Crippen LogP contribution is -2.52. The van der Waals surface area contributed by atoms with Crippen molar-refractivity contribution in [3.63, 3.8) is 0 Å². The van der Waals surface area contributed by atoms with E-state index in [1.807, 2.05) is 91.0 Å². The lowest BCUT2D eigenvalue weighted by atomic mass is 10.0. The van der Waals surface area contributed by atoms with Gasteiger partial charge in [0.15, 0.2) is 0 Å². The Bertz CT molecular complexity index is 987. The summed E-state index contributed by atoms with van der Waals surface area (Å²) in [6, 6.07) is 29.8. The minimum atomic E-state index is -1.14. The van der Waals surface area contributed by atoms with Gasteiger partial charge in [-0.1, -0.05) is 105 Å². The highest BCUT2D eigenvalue weighted by atomic mass is 32.2. The summed E-state index contributed by atoms with van der Waals surface area (Å²) in [4.78, 5) is 0. The third kappa shape index (κ3) is 10.0. The first kappa shape index (κ1) is 30.7. The number of benzene rings is 3. The van der Waals surface area contributed by atoms with Crippen molar-refractivity contribution in [3.05, 3.63) is 108 Å². The van der Waals surface area contributed by atoms with Crippen molar-refractivity contribution in [2.24, 2.45) is 0 Å². The lowest BCUT2D eigenvalue weighted by Gasteiger charge is -2.38.